The Morgan fingerprint density at radius 3 is 2.36 bits per heavy atom. The molecule has 62 valence electrons. The highest BCUT2D eigenvalue weighted by atomic mass is 16.5. The fourth-order valence-electron chi connectivity index (χ4n) is 2.34. The predicted molar refractivity (Wildman–Crippen MR) is 41.3 cm³/mol. The molecule has 2 nitrogen and oxygen atoms in total. The number of Topliss-reactive ketones (excluding diaryl/α,β-unsaturated/α-hetero) is 1. The van der Waals surface area contributed by atoms with E-state index in [4.69, 9.17) is 4.74 Å². The highest BCUT2D eigenvalue weighted by Gasteiger charge is 2.60. The SMILES string of the molecule is CC12CC[C@@H](O1)C(C)(C)C2=O. The second-order valence-electron chi connectivity index (χ2n) is 4.43. The zero-order chi connectivity index (χ0) is 8.28. The molecule has 2 fully saturated rings. The first kappa shape index (κ1) is 7.29. The molecule has 0 aromatic heterocycles. The zero-order valence-electron chi connectivity index (χ0n) is 7.31. The minimum Gasteiger partial charge on any atom is -0.363 e. The summed E-state index contributed by atoms with van der Waals surface area (Å²) in [6, 6.07) is 0. The van der Waals surface area contributed by atoms with Crippen LogP contribution in [0.5, 0.6) is 0 Å². The molecule has 2 saturated heterocycles. The molecule has 0 aromatic rings. The Labute approximate surface area is 66.9 Å². The van der Waals surface area contributed by atoms with Crippen LogP contribution in [0.3, 0.4) is 0 Å². The van der Waals surface area contributed by atoms with Gasteiger partial charge < -0.3 is 4.74 Å². The van der Waals surface area contributed by atoms with Crippen molar-refractivity contribution in [1.82, 2.24) is 0 Å². The van der Waals surface area contributed by atoms with Crippen LogP contribution < -0.4 is 0 Å². The van der Waals surface area contributed by atoms with E-state index in [1.807, 2.05) is 20.8 Å². The predicted octanol–water partition coefficient (Wildman–Crippen LogP) is 1.53. The van der Waals surface area contributed by atoms with Crippen molar-refractivity contribution in [1.29, 1.82) is 0 Å². The minimum atomic E-state index is -0.436. The van der Waals surface area contributed by atoms with Crippen LogP contribution in [-0.2, 0) is 9.53 Å². The van der Waals surface area contributed by atoms with Crippen molar-refractivity contribution < 1.29 is 9.53 Å². The van der Waals surface area contributed by atoms with Crippen molar-refractivity contribution in [3.63, 3.8) is 0 Å². The van der Waals surface area contributed by atoms with Gasteiger partial charge in [-0.25, -0.2) is 0 Å². The summed E-state index contributed by atoms with van der Waals surface area (Å²) in [5.41, 5.74) is -0.666. The van der Waals surface area contributed by atoms with E-state index in [-0.39, 0.29) is 11.5 Å². The van der Waals surface area contributed by atoms with Gasteiger partial charge in [0, 0.05) is 0 Å². The molecule has 2 rings (SSSR count). The third-order valence-electron chi connectivity index (χ3n) is 3.16. The number of rotatable bonds is 0. The van der Waals surface area contributed by atoms with Crippen LogP contribution in [0.1, 0.15) is 33.6 Å². The van der Waals surface area contributed by atoms with Crippen LogP contribution >= 0.6 is 0 Å². The van der Waals surface area contributed by atoms with Gasteiger partial charge in [-0.05, 0) is 19.8 Å². The maximum absolute atomic E-state index is 11.7. The van der Waals surface area contributed by atoms with Gasteiger partial charge in [-0.2, -0.15) is 0 Å². The van der Waals surface area contributed by atoms with E-state index in [0.29, 0.717) is 5.78 Å². The monoisotopic (exact) mass is 154 g/mol. The maximum Gasteiger partial charge on any atom is 0.172 e. The van der Waals surface area contributed by atoms with Crippen LogP contribution in [0.15, 0.2) is 0 Å². The Bertz CT molecular complexity index is 213. The highest BCUT2D eigenvalue weighted by molar-refractivity contribution is 5.95. The summed E-state index contributed by atoms with van der Waals surface area (Å²) in [6.07, 6.45) is 2.15. The third kappa shape index (κ3) is 0.684. The number of hydrogen-bond donors (Lipinski definition) is 0. The summed E-state index contributed by atoms with van der Waals surface area (Å²) in [5, 5.41) is 0. The normalized spacial score (nSPS) is 46.8. The highest BCUT2D eigenvalue weighted by Crippen LogP contribution is 2.50. The third-order valence-corrected chi connectivity index (χ3v) is 3.16. The van der Waals surface area contributed by atoms with E-state index >= 15 is 0 Å². The summed E-state index contributed by atoms with van der Waals surface area (Å²) >= 11 is 0. The number of ketones is 1. The lowest BCUT2D eigenvalue weighted by Gasteiger charge is -2.26. The van der Waals surface area contributed by atoms with Gasteiger partial charge in [0.15, 0.2) is 5.78 Å². The molecule has 0 amide bonds. The van der Waals surface area contributed by atoms with Gasteiger partial charge in [0.25, 0.3) is 0 Å². The van der Waals surface area contributed by atoms with Gasteiger partial charge in [-0.3, -0.25) is 4.79 Å². The van der Waals surface area contributed by atoms with Crippen LogP contribution in [-0.4, -0.2) is 17.5 Å². The lowest BCUT2D eigenvalue weighted by atomic mass is 9.72. The summed E-state index contributed by atoms with van der Waals surface area (Å²) in [4.78, 5) is 11.7. The molecule has 2 aliphatic heterocycles. The molecule has 2 heteroatoms. The summed E-state index contributed by atoms with van der Waals surface area (Å²) in [5.74, 6) is 0.293. The van der Waals surface area contributed by atoms with Crippen molar-refractivity contribution in [3.05, 3.63) is 0 Å². The van der Waals surface area contributed by atoms with Crippen molar-refractivity contribution >= 4 is 5.78 Å². The van der Waals surface area contributed by atoms with Crippen LogP contribution in [0.25, 0.3) is 0 Å². The van der Waals surface area contributed by atoms with Crippen LogP contribution in [0.4, 0.5) is 0 Å². The average Bonchev–Trinajstić information content (AvgIpc) is 2.36. The van der Waals surface area contributed by atoms with Crippen molar-refractivity contribution in [2.45, 2.75) is 45.3 Å². The molecule has 0 saturated carbocycles. The number of ether oxygens (including phenoxy) is 1. The molecule has 0 radical (unpaired) electrons. The molecule has 0 N–H and O–H groups in total. The fourth-order valence-corrected chi connectivity index (χ4v) is 2.34. The first-order valence-electron chi connectivity index (χ1n) is 4.19. The van der Waals surface area contributed by atoms with Gasteiger partial charge >= 0.3 is 0 Å². The quantitative estimate of drug-likeness (QED) is 0.529. The lowest BCUT2D eigenvalue weighted by Crippen LogP contribution is -2.40. The van der Waals surface area contributed by atoms with Crippen molar-refractivity contribution in [2.24, 2.45) is 5.41 Å². The standard InChI is InChI=1S/C9H14O2/c1-8(2)6-4-5-9(3,11-6)7(8)10/h6H,4-5H2,1-3H3/t6-,9?/m1/s1. The summed E-state index contributed by atoms with van der Waals surface area (Å²) < 4.78 is 5.64. The van der Waals surface area contributed by atoms with Crippen LogP contribution in [0.2, 0.25) is 0 Å². The van der Waals surface area contributed by atoms with E-state index in [1.165, 1.54) is 0 Å². The Hall–Kier alpha value is -0.370. The van der Waals surface area contributed by atoms with Gasteiger partial charge in [0.05, 0.1) is 11.5 Å². The Morgan fingerprint density at radius 2 is 2.09 bits per heavy atom. The number of hydrogen-bond acceptors (Lipinski definition) is 2. The smallest absolute Gasteiger partial charge is 0.172 e. The number of carbonyl (C=O) groups excluding carboxylic acids is 1. The second kappa shape index (κ2) is 1.69. The van der Waals surface area contributed by atoms with E-state index < -0.39 is 5.60 Å². The van der Waals surface area contributed by atoms with E-state index in [9.17, 15) is 4.79 Å². The maximum atomic E-state index is 11.7. The Morgan fingerprint density at radius 1 is 1.45 bits per heavy atom. The second-order valence-corrected chi connectivity index (χ2v) is 4.43. The molecular weight excluding hydrogens is 140 g/mol. The number of fused-ring (bicyclic) bond motifs is 2. The van der Waals surface area contributed by atoms with Gasteiger partial charge in [-0.1, -0.05) is 13.8 Å². The topological polar surface area (TPSA) is 26.3 Å². The Kier molecular flexibility index (Phi) is 1.12. The molecule has 11 heavy (non-hydrogen) atoms. The molecule has 1 unspecified atom stereocenters. The van der Waals surface area contributed by atoms with Gasteiger partial charge in [0.1, 0.15) is 5.60 Å². The van der Waals surface area contributed by atoms with Gasteiger partial charge in [0.2, 0.25) is 0 Å². The molecule has 2 bridgehead atoms. The number of carbonyl (C=O) groups is 1. The molecule has 0 aromatic carbocycles. The van der Waals surface area contributed by atoms with Crippen molar-refractivity contribution in [3.8, 4) is 0 Å². The molecule has 2 aliphatic rings. The van der Waals surface area contributed by atoms with Crippen molar-refractivity contribution in [2.75, 3.05) is 0 Å². The first-order valence-corrected chi connectivity index (χ1v) is 4.19. The minimum absolute atomic E-state index is 0.181. The largest absolute Gasteiger partial charge is 0.363 e. The fraction of sp³-hybridized carbons (Fsp3) is 0.889. The lowest BCUT2D eigenvalue weighted by molar-refractivity contribution is -0.133. The first-order chi connectivity index (χ1) is 4.97. The molecule has 0 spiro atoms. The average molecular weight is 154 g/mol. The van der Waals surface area contributed by atoms with Gasteiger partial charge in [-0.15, -0.1) is 0 Å². The molecule has 2 heterocycles. The molecule has 0 aliphatic carbocycles. The van der Waals surface area contributed by atoms with E-state index in [2.05, 4.69) is 0 Å². The summed E-state index contributed by atoms with van der Waals surface area (Å²) in [6.45, 7) is 5.90. The Balaban J connectivity index is 2.42. The zero-order valence-corrected chi connectivity index (χ0v) is 7.31. The van der Waals surface area contributed by atoms with E-state index in [1.54, 1.807) is 0 Å². The van der Waals surface area contributed by atoms with Crippen LogP contribution in [0, 0.1) is 5.41 Å². The molecular formula is C9H14O2. The summed E-state index contributed by atoms with van der Waals surface area (Å²) in [7, 11) is 0. The van der Waals surface area contributed by atoms with E-state index in [0.717, 1.165) is 12.8 Å². The molecule has 2 atom stereocenters.